The monoisotopic (exact) mass is 244 g/mol. The molecule has 1 aliphatic rings. The zero-order valence-electron chi connectivity index (χ0n) is 10.8. The number of hydrogen-bond donors (Lipinski definition) is 1. The maximum atomic E-state index is 8.64. The molecule has 0 aromatic heterocycles. The third-order valence-electron chi connectivity index (χ3n) is 2.99. The lowest BCUT2D eigenvalue weighted by molar-refractivity contribution is 0.504. The molecule has 0 unspecified atom stereocenters. The zero-order chi connectivity index (χ0) is 12.1. The van der Waals surface area contributed by atoms with Crippen LogP contribution >= 0.6 is 12.2 Å². The normalized spacial score (nSPS) is 15.1. The van der Waals surface area contributed by atoms with Crippen molar-refractivity contribution in [3.05, 3.63) is 0 Å². The predicted octanol–water partition coefficient (Wildman–Crippen LogP) is 5.57. The van der Waals surface area contributed by atoms with E-state index in [0.717, 1.165) is 6.42 Å². The van der Waals surface area contributed by atoms with E-state index in [-0.39, 0.29) is 5.05 Å². The molecule has 1 fully saturated rings. The average Bonchev–Trinajstić information content (AvgIpc) is 2.31. The molecule has 1 aliphatic carbocycles. The Morgan fingerprint density at radius 3 is 1.69 bits per heavy atom. The molecular formula is C14H28OS. The van der Waals surface area contributed by atoms with Crippen molar-refractivity contribution in [2.75, 3.05) is 0 Å². The van der Waals surface area contributed by atoms with Gasteiger partial charge in [0.1, 0.15) is 0 Å². The van der Waals surface area contributed by atoms with Gasteiger partial charge < -0.3 is 5.11 Å². The van der Waals surface area contributed by atoms with Gasteiger partial charge >= 0.3 is 0 Å². The van der Waals surface area contributed by atoms with Crippen LogP contribution in [-0.2, 0) is 0 Å². The lowest BCUT2D eigenvalue weighted by Gasteiger charge is -2.05. The molecule has 0 aromatic rings. The minimum Gasteiger partial charge on any atom is -0.502 e. The van der Waals surface area contributed by atoms with Crippen LogP contribution in [0, 0.1) is 0 Å². The van der Waals surface area contributed by atoms with E-state index in [1.54, 1.807) is 0 Å². The van der Waals surface area contributed by atoms with E-state index in [1.807, 2.05) is 0 Å². The van der Waals surface area contributed by atoms with Gasteiger partial charge in [0, 0.05) is 6.42 Å². The van der Waals surface area contributed by atoms with Gasteiger partial charge in [-0.1, -0.05) is 71.1 Å². The van der Waals surface area contributed by atoms with Crippen molar-refractivity contribution in [2.45, 2.75) is 84.0 Å². The van der Waals surface area contributed by atoms with Crippen molar-refractivity contribution in [3.63, 3.8) is 0 Å². The minimum atomic E-state index is 0.163. The van der Waals surface area contributed by atoms with Crippen LogP contribution in [0.5, 0.6) is 0 Å². The van der Waals surface area contributed by atoms with E-state index in [0.29, 0.717) is 6.42 Å². The third-order valence-corrected chi connectivity index (χ3v) is 3.20. The maximum absolute atomic E-state index is 8.64. The molecule has 2 heteroatoms. The van der Waals surface area contributed by atoms with Crippen LogP contribution in [0.4, 0.5) is 0 Å². The van der Waals surface area contributed by atoms with E-state index in [1.165, 1.54) is 64.2 Å². The molecule has 1 rings (SSSR count). The summed E-state index contributed by atoms with van der Waals surface area (Å²) in [6.45, 7) is 2.19. The maximum Gasteiger partial charge on any atom is 0.156 e. The van der Waals surface area contributed by atoms with Crippen molar-refractivity contribution in [1.29, 1.82) is 0 Å². The Balaban J connectivity index is 0.000000315. The summed E-state index contributed by atoms with van der Waals surface area (Å²) in [6, 6.07) is 0. The molecule has 96 valence electrons. The van der Waals surface area contributed by atoms with Crippen molar-refractivity contribution >= 4 is 17.3 Å². The topological polar surface area (TPSA) is 20.2 Å². The number of unbranched alkanes of at least 4 members (excludes halogenated alkanes) is 4. The van der Waals surface area contributed by atoms with E-state index in [2.05, 4.69) is 19.1 Å². The molecular weight excluding hydrogens is 216 g/mol. The predicted molar refractivity (Wildman–Crippen MR) is 76.3 cm³/mol. The molecule has 0 bridgehead atoms. The summed E-state index contributed by atoms with van der Waals surface area (Å²) >= 11 is 4.53. The fourth-order valence-electron chi connectivity index (χ4n) is 1.94. The second-order valence-electron chi connectivity index (χ2n) is 4.68. The number of thiocarbonyl (C=S) groups is 1. The van der Waals surface area contributed by atoms with E-state index in [4.69, 9.17) is 5.11 Å². The number of rotatable bonds is 6. The molecule has 0 saturated heterocycles. The van der Waals surface area contributed by atoms with Crippen molar-refractivity contribution in [1.82, 2.24) is 0 Å². The first-order valence-electron chi connectivity index (χ1n) is 6.99. The molecule has 1 nitrogen and oxygen atoms in total. The van der Waals surface area contributed by atoms with Crippen LogP contribution in [0.25, 0.3) is 0 Å². The van der Waals surface area contributed by atoms with E-state index >= 15 is 0 Å². The summed E-state index contributed by atoms with van der Waals surface area (Å²) < 4.78 is 0. The lowest BCUT2D eigenvalue weighted by atomic mass is 10.0. The summed E-state index contributed by atoms with van der Waals surface area (Å²) in [4.78, 5) is 0. The van der Waals surface area contributed by atoms with Gasteiger partial charge in [0.25, 0.3) is 0 Å². The first-order chi connectivity index (χ1) is 7.77. The zero-order valence-corrected chi connectivity index (χ0v) is 11.7. The first kappa shape index (κ1) is 15.9. The Labute approximate surface area is 107 Å². The van der Waals surface area contributed by atoms with Gasteiger partial charge in [-0.3, -0.25) is 0 Å². The highest BCUT2D eigenvalue weighted by atomic mass is 32.1. The summed E-state index contributed by atoms with van der Waals surface area (Å²) in [7, 11) is 0. The van der Waals surface area contributed by atoms with E-state index in [9.17, 15) is 0 Å². The Bertz CT molecular complexity index is 141. The summed E-state index contributed by atoms with van der Waals surface area (Å²) in [5.74, 6) is 0. The standard InChI is InChI=1S/C8H16OS.C6H12/c1-2-3-4-5-6-7-8(9)10;1-2-4-6-5-3-1/h2-7H2,1H3,(H,9,10);1-6H2. The van der Waals surface area contributed by atoms with Gasteiger partial charge in [0.2, 0.25) is 0 Å². The smallest absolute Gasteiger partial charge is 0.156 e. The fourth-order valence-corrected chi connectivity index (χ4v) is 2.08. The molecule has 0 aromatic carbocycles. The van der Waals surface area contributed by atoms with Crippen LogP contribution in [0.1, 0.15) is 84.0 Å². The highest BCUT2D eigenvalue weighted by Crippen LogP contribution is 2.15. The number of hydrogen-bond acceptors (Lipinski definition) is 1. The second-order valence-corrected chi connectivity index (χ2v) is 5.15. The molecule has 1 N–H and O–H groups in total. The van der Waals surface area contributed by atoms with Crippen LogP contribution in [0.3, 0.4) is 0 Å². The van der Waals surface area contributed by atoms with Gasteiger partial charge in [-0.05, 0) is 18.6 Å². The summed E-state index contributed by atoms with van der Waals surface area (Å²) in [6.07, 6.45) is 15.8. The molecule has 0 atom stereocenters. The van der Waals surface area contributed by atoms with E-state index < -0.39 is 0 Å². The van der Waals surface area contributed by atoms with Crippen molar-refractivity contribution < 1.29 is 5.11 Å². The third kappa shape index (κ3) is 13.9. The van der Waals surface area contributed by atoms with Crippen LogP contribution in [-0.4, -0.2) is 10.2 Å². The fraction of sp³-hybridized carbons (Fsp3) is 0.929. The van der Waals surface area contributed by atoms with Gasteiger partial charge in [-0.25, -0.2) is 0 Å². The lowest BCUT2D eigenvalue weighted by Crippen LogP contribution is -1.90. The Morgan fingerprint density at radius 2 is 1.31 bits per heavy atom. The molecule has 1 saturated carbocycles. The Hall–Kier alpha value is -0.110. The number of aliphatic hydroxyl groups excluding tert-OH is 1. The molecule has 0 radical (unpaired) electrons. The quantitative estimate of drug-likeness (QED) is 0.486. The summed E-state index contributed by atoms with van der Waals surface area (Å²) in [5.41, 5.74) is 0. The molecule has 0 spiro atoms. The molecule has 16 heavy (non-hydrogen) atoms. The Kier molecular flexibility index (Phi) is 12.9. The van der Waals surface area contributed by atoms with Gasteiger partial charge in [-0.2, -0.15) is 0 Å². The van der Waals surface area contributed by atoms with Gasteiger partial charge in [-0.15, -0.1) is 0 Å². The highest BCUT2D eigenvalue weighted by Gasteiger charge is 1.95. The molecule has 0 heterocycles. The number of aliphatic hydroxyl groups is 1. The largest absolute Gasteiger partial charge is 0.502 e. The van der Waals surface area contributed by atoms with Gasteiger partial charge in [0.05, 0.1) is 0 Å². The SMILES string of the molecule is C1CCCCC1.CCCCCCCC(O)=S. The second kappa shape index (κ2) is 13.0. The van der Waals surface area contributed by atoms with Crippen molar-refractivity contribution in [3.8, 4) is 0 Å². The summed E-state index contributed by atoms with van der Waals surface area (Å²) in [5, 5.41) is 8.80. The van der Waals surface area contributed by atoms with Crippen LogP contribution < -0.4 is 0 Å². The van der Waals surface area contributed by atoms with Gasteiger partial charge in [0.15, 0.2) is 5.05 Å². The van der Waals surface area contributed by atoms with Crippen LogP contribution in [0.2, 0.25) is 0 Å². The first-order valence-corrected chi connectivity index (χ1v) is 7.40. The highest BCUT2D eigenvalue weighted by molar-refractivity contribution is 7.80. The molecule has 0 aliphatic heterocycles. The van der Waals surface area contributed by atoms with Crippen molar-refractivity contribution in [2.24, 2.45) is 0 Å². The minimum absolute atomic E-state index is 0.163. The average molecular weight is 244 g/mol. The Morgan fingerprint density at radius 1 is 0.875 bits per heavy atom. The molecule has 0 amide bonds. The van der Waals surface area contributed by atoms with Crippen LogP contribution in [0.15, 0.2) is 0 Å².